The van der Waals surface area contributed by atoms with E-state index in [4.69, 9.17) is 9.97 Å². The van der Waals surface area contributed by atoms with Gasteiger partial charge in [-0.15, -0.1) is 0 Å². The second kappa shape index (κ2) is 12.8. The average molecular weight is 1030 g/mol. The van der Waals surface area contributed by atoms with Crippen LogP contribution >= 0.6 is 0 Å². The summed E-state index contributed by atoms with van der Waals surface area (Å²) in [5.74, 6) is -0.637. The van der Waals surface area contributed by atoms with Gasteiger partial charge in [-0.25, -0.2) is 63.6 Å². The summed E-state index contributed by atoms with van der Waals surface area (Å²) in [6.45, 7) is 0. The molecule has 4 aromatic carbocycles. The number of aromatic amines is 2. The van der Waals surface area contributed by atoms with Gasteiger partial charge in [-0.3, -0.25) is 0 Å². The Labute approximate surface area is 333 Å². The van der Waals surface area contributed by atoms with Crippen LogP contribution in [0.15, 0.2) is 92.4 Å². The van der Waals surface area contributed by atoms with E-state index < -0.39 is 82.1 Å². The number of H-pyrrole nitrogens is 2. The molecule has 0 atom stereocenters. The Hall–Kier alpha value is -5.43. The van der Waals surface area contributed by atoms with Crippen LogP contribution in [0, 0.1) is 0 Å². The molecule has 9 rings (SSSR count). The maximum Gasteiger partial charge on any atom is 4.00 e. The van der Waals surface area contributed by atoms with Crippen LogP contribution in [0.1, 0.15) is 0 Å². The van der Waals surface area contributed by atoms with Gasteiger partial charge in [0.1, 0.15) is 63.1 Å². The number of benzene rings is 4. The maximum atomic E-state index is 13.0. The monoisotopic (exact) mass is 1020 g/mol. The predicted octanol–water partition coefficient (Wildman–Crippen LogP) is 2.48. The van der Waals surface area contributed by atoms with E-state index in [9.17, 15) is 51.9 Å². The first kappa shape index (κ1) is 38.4. The molecule has 0 saturated carbocycles. The Morgan fingerprint density at radius 1 is 0.368 bits per heavy atom. The number of hydrogen-bond donors (Lipinski definition) is 2. The van der Waals surface area contributed by atoms with Crippen LogP contribution in [0.25, 0.3) is 89.7 Å². The van der Waals surface area contributed by atoms with Crippen LogP contribution in [0.5, 0.6) is 0 Å². The Morgan fingerprint density at radius 3 is 0.930 bits per heavy atom. The van der Waals surface area contributed by atoms with E-state index in [1.807, 2.05) is 0 Å². The third-order valence-corrected chi connectivity index (χ3v) is 12.8. The summed E-state index contributed by atoms with van der Waals surface area (Å²) in [6.07, 6.45) is 0. The van der Waals surface area contributed by atoms with Crippen molar-refractivity contribution in [2.75, 3.05) is 0 Å². The van der Waals surface area contributed by atoms with Crippen molar-refractivity contribution in [2.45, 2.75) is 19.6 Å². The molecule has 7 aromatic rings. The van der Waals surface area contributed by atoms with E-state index >= 15 is 0 Å². The first-order valence-electron chi connectivity index (χ1n) is 15.5. The molecule has 2 N–H and O–H groups in total. The molecule has 2 aliphatic rings. The third kappa shape index (κ3) is 6.12. The molecule has 2 aliphatic heterocycles. The molecule has 5 heterocycles. The van der Waals surface area contributed by atoms with Gasteiger partial charge in [0.05, 0.1) is 19.6 Å². The van der Waals surface area contributed by atoms with Gasteiger partial charge in [-0.1, -0.05) is 72.8 Å². The van der Waals surface area contributed by atoms with Crippen molar-refractivity contribution in [3.8, 4) is 45.6 Å². The topological polar surface area (TPSA) is 338 Å². The molecule has 3 aromatic heterocycles. The van der Waals surface area contributed by atoms with Gasteiger partial charge in [-0.05, 0) is 0 Å². The van der Waals surface area contributed by atoms with Crippen molar-refractivity contribution in [3.05, 3.63) is 72.8 Å². The largest absolute Gasteiger partial charge is 4.00 e. The van der Waals surface area contributed by atoms with E-state index in [1.165, 1.54) is 12.1 Å². The van der Waals surface area contributed by atoms with Crippen molar-refractivity contribution < 1.29 is 72.9 Å². The van der Waals surface area contributed by atoms with Crippen molar-refractivity contribution in [3.63, 3.8) is 0 Å². The molecular weight excluding hydrogens is 1010 g/mol. The molecular formula is C32H14N8O12PtS4. The van der Waals surface area contributed by atoms with Gasteiger partial charge in [0.2, 0.25) is 0 Å². The molecule has 0 aliphatic carbocycles. The molecule has 25 heteroatoms. The normalized spacial score (nSPS) is 13.0. The number of nitrogens with one attached hydrogen (secondary N) is 2. The molecule has 0 saturated heterocycles. The summed E-state index contributed by atoms with van der Waals surface area (Å²) in [4.78, 5) is 23.0. The van der Waals surface area contributed by atoms with E-state index in [0.717, 1.165) is 0 Å². The van der Waals surface area contributed by atoms with Gasteiger partial charge in [0, 0.05) is 43.8 Å². The molecule has 0 fully saturated rings. The van der Waals surface area contributed by atoms with Crippen LogP contribution in [-0.4, -0.2) is 91.8 Å². The van der Waals surface area contributed by atoms with Crippen LogP contribution in [0.2, 0.25) is 0 Å². The van der Waals surface area contributed by atoms with Crippen molar-refractivity contribution in [2.24, 2.45) is 0 Å². The van der Waals surface area contributed by atoms with Crippen molar-refractivity contribution in [1.29, 1.82) is 0 Å². The zero-order valence-electron chi connectivity index (χ0n) is 27.5. The second-order valence-corrected chi connectivity index (χ2v) is 17.4. The summed E-state index contributed by atoms with van der Waals surface area (Å²) in [7, 11) is -26.0. The maximum absolute atomic E-state index is 13.0. The number of fused-ring (bicyclic) bond motifs is 20. The van der Waals surface area contributed by atoms with E-state index in [0.29, 0.717) is 21.9 Å². The van der Waals surface area contributed by atoms with Gasteiger partial charge < -0.3 is 28.2 Å². The zero-order chi connectivity index (χ0) is 39.7. The Morgan fingerprint density at radius 2 is 0.632 bits per heavy atom. The van der Waals surface area contributed by atoms with Crippen molar-refractivity contribution in [1.82, 2.24) is 39.9 Å². The number of rotatable bonds is 4. The van der Waals surface area contributed by atoms with E-state index in [1.54, 1.807) is 60.7 Å². The number of hydrogen-bond acceptors (Lipinski definition) is 18. The third-order valence-electron chi connectivity index (χ3n) is 8.82. The fourth-order valence-electron chi connectivity index (χ4n) is 6.72. The minimum absolute atomic E-state index is 0. The Bertz CT molecular complexity index is 3380. The second-order valence-electron chi connectivity index (χ2n) is 12.1. The van der Waals surface area contributed by atoms with Crippen molar-refractivity contribution >= 4 is 84.6 Å². The first-order valence-corrected chi connectivity index (χ1v) is 21.1. The average Bonchev–Trinajstić information content (AvgIpc) is 3.84. The Balaban J connectivity index is 0.00000455. The summed E-state index contributed by atoms with van der Waals surface area (Å²) in [6, 6.07) is 19.6. The van der Waals surface area contributed by atoms with Gasteiger partial charge in [0.15, 0.2) is 23.3 Å². The van der Waals surface area contributed by atoms with Gasteiger partial charge in [0.25, 0.3) is 0 Å². The van der Waals surface area contributed by atoms with Gasteiger partial charge in [-0.2, -0.15) is 0 Å². The van der Waals surface area contributed by atoms with E-state index in [2.05, 4.69) is 29.9 Å². The smallest absolute Gasteiger partial charge is 0.744 e. The molecule has 0 spiro atoms. The minimum Gasteiger partial charge on any atom is -0.744 e. The molecule has 0 unspecified atom stereocenters. The quantitative estimate of drug-likeness (QED) is 0.239. The van der Waals surface area contributed by atoms with Crippen LogP contribution in [0.4, 0.5) is 0 Å². The number of nitrogens with zero attached hydrogens (tertiary/aromatic N) is 6. The SMILES string of the molecule is O=S(=O)([O-])c1c(S(=O)(=O)[O-])c(S(=O)(=O)[O-])c2c3nc4nc(nc5[nH]c(nc6nc(nc([nH]3)c2c1S(=O)(=O)[O-])-c1ccccc1-6)c1ccccc51)-c1ccccc1-4.[Pt+4]. The molecule has 8 bridgehead atoms. The Kier molecular flexibility index (Phi) is 8.62. The summed E-state index contributed by atoms with van der Waals surface area (Å²) in [5, 5.41) is -1.56. The van der Waals surface area contributed by atoms with Gasteiger partial charge >= 0.3 is 21.1 Å². The fraction of sp³-hybridized carbons (Fsp3) is 0. The predicted molar refractivity (Wildman–Crippen MR) is 188 cm³/mol. The van der Waals surface area contributed by atoms with Crippen LogP contribution < -0.4 is 0 Å². The molecule has 0 amide bonds. The molecule has 0 radical (unpaired) electrons. The first-order chi connectivity index (χ1) is 26.3. The fourth-order valence-corrected chi connectivity index (χ4v) is 11.6. The summed E-state index contributed by atoms with van der Waals surface area (Å²) < 4.78 is 154. The standard InChI is InChI=1S/C32H18N8O12S4.Pt/c41-53(42,43)21-19-20(22(54(44,45)46)24(56(50,51)52)23(21)55(47,48)49)32-39-30-18-12-6-4-10-16(18)28(37-30)35-26-14-8-2-1-7-13(14)25(33-26)34-27-15-9-3-5-11-17(15)29(36-27)38-31(19)40-32;/h1-12H,(H,41,42,43)(H,44,45,46)(H,47,48,49)(H,50,51,52)(H2,33,34,35,36,37,38,39,40);/q;+4/p-4. The summed E-state index contributed by atoms with van der Waals surface area (Å²) >= 11 is 0. The molecule has 288 valence electrons. The van der Waals surface area contributed by atoms with E-state index in [-0.39, 0.29) is 66.8 Å². The minimum atomic E-state index is -6.60. The number of aromatic nitrogens is 8. The zero-order valence-corrected chi connectivity index (χ0v) is 33.0. The van der Waals surface area contributed by atoms with Crippen LogP contribution in [-0.2, 0) is 61.5 Å². The van der Waals surface area contributed by atoms with Crippen LogP contribution in [0.3, 0.4) is 0 Å². The molecule has 57 heavy (non-hydrogen) atoms. The summed E-state index contributed by atoms with van der Waals surface area (Å²) in [5.41, 5.74) is -0.283. The molecule has 20 nitrogen and oxygen atoms in total.